The molecule has 0 aromatic heterocycles. The molecular formula is C33H48O6. The third-order valence-electron chi connectivity index (χ3n) is 7.62. The minimum absolute atomic E-state index is 0.103. The van der Waals surface area contributed by atoms with Gasteiger partial charge in [0, 0.05) is 5.41 Å². The van der Waals surface area contributed by atoms with Crippen molar-refractivity contribution < 1.29 is 28.4 Å². The average molecular weight is 541 g/mol. The fraction of sp³-hybridized carbons (Fsp3) is 0.636. The predicted octanol–water partition coefficient (Wildman–Crippen LogP) is 6.72. The Morgan fingerprint density at radius 1 is 0.692 bits per heavy atom. The number of hydrogen-bond acceptors (Lipinski definition) is 6. The fourth-order valence-electron chi connectivity index (χ4n) is 4.59. The van der Waals surface area contributed by atoms with E-state index in [0.717, 1.165) is 63.2 Å². The zero-order valence-electron chi connectivity index (χ0n) is 24.4. The van der Waals surface area contributed by atoms with Crippen LogP contribution in [0.2, 0.25) is 0 Å². The number of epoxide rings is 2. The van der Waals surface area contributed by atoms with Crippen LogP contribution in [0.4, 0.5) is 0 Å². The summed E-state index contributed by atoms with van der Waals surface area (Å²) in [6, 6.07) is 16.9. The van der Waals surface area contributed by atoms with Crippen molar-refractivity contribution >= 4 is 0 Å². The van der Waals surface area contributed by atoms with Gasteiger partial charge in [0.1, 0.15) is 36.9 Å². The number of ether oxygens (including phenoxy) is 6. The summed E-state index contributed by atoms with van der Waals surface area (Å²) in [6.45, 7) is 13.0. The minimum atomic E-state index is -0.148. The van der Waals surface area contributed by atoms with Crippen molar-refractivity contribution in [3.8, 4) is 11.5 Å². The highest BCUT2D eigenvalue weighted by Crippen LogP contribution is 2.33. The second-order valence-electron chi connectivity index (χ2n) is 11.4. The average Bonchev–Trinajstić information content (AvgIpc) is 3.88. The van der Waals surface area contributed by atoms with Crippen molar-refractivity contribution in [1.82, 2.24) is 0 Å². The first-order valence-electron chi connectivity index (χ1n) is 14.9. The molecule has 0 aliphatic carbocycles. The summed E-state index contributed by atoms with van der Waals surface area (Å²) < 4.78 is 34.9. The molecular weight excluding hydrogens is 492 g/mol. The summed E-state index contributed by atoms with van der Waals surface area (Å²) in [5.74, 6) is 1.75. The lowest BCUT2D eigenvalue weighted by molar-refractivity contribution is 0.00674. The van der Waals surface area contributed by atoms with Crippen LogP contribution < -0.4 is 9.47 Å². The lowest BCUT2D eigenvalue weighted by Crippen LogP contribution is -2.24. The van der Waals surface area contributed by atoms with Crippen LogP contribution in [0.1, 0.15) is 77.3 Å². The summed E-state index contributed by atoms with van der Waals surface area (Å²) in [7, 11) is 0. The van der Waals surface area contributed by atoms with Crippen molar-refractivity contribution in [3.63, 3.8) is 0 Å². The molecule has 2 heterocycles. The maximum absolute atomic E-state index is 6.11. The van der Waals surface area contributed by atoms with Crippen molar-refractivity contribution in [2.75, 3.05) is 39.6 Å². The molecule has 4 unspecified atom stereocenters. The van der Waals surface area contributed by atoms with Gasteiger partial charge in [-0.3, -0.25) is 0 Å². The van der Waals surface area contributed by atoms with Gasteiger partial charge < -0.3 is 28.4 Å². The van der Waals surface area contributed by atoms with Gasteiger partial charge in [-0.1, -0.05) is 77.6 Å². The summed E-state index contributed by atoms with van der Waals surface area (Å²) in [6.07, 6.45) is 7.37. The van der Waals surface area contributed by atoms with E-state index >= 15 is 0 Å². The van der Waals surface area contributed by atoms with Crippen LogP contribution in [0.5, 0.6) is 11.5 Å². The van der Waals surface area contributed by atoms with Crippen molar-refractivity contribution in [1.29, 1.82) is 0 Å². The summed E-state index contributed by atoms with van der Waals surface area (Å²) in [5, 5.41) is 0. The molecule has 4 atom stereocenters. The highest BCUT2D eigenvalue weighted by atomic mass is 16.6. The van der Waals surface area contributed by atoms with Crippen LogP contribution in [0, 0.1) is 0 Å². The quantitative estimate of drug-likeness (QED) is 0.174. The Morgan fingerprint density at radius 2 is 1.08 bits per heavy atom. The van der Waals surface area contributed by atoms with Crippen LogP contribution >= 0.6 is 0 Å². The number of unbranched alkanes of at least 4 members (excludes halogenated alkanes) is 2. The van der Waals surface area contributed by atoms with Gasteiger partial charge in [0.2, 0.25) is 0 Å². The maximum Gasteiger partial charge on any atom is 0.119 e. The van der Waals surface area contributed by atoms with E-state index in [1.807, 2.05) is 0 Å². The monoisotopic (exact) mass is 540 g/mol. The molecule has 6 heteroatoms. The molecule has 4 rings (SSSR count). The maximum atomic E-state index is 6.11. The highest BCUT2D eigenvalue weighted by molar-refractivity contribution is 5.41. The molecule has 6 nitrogen and oxygen atoms in total. The molecule has 2 aromatic rings. The van der Waals surface area contributed by atoms with Crippen molar-refractivity contribution in [2.24, 2.45) is 0 Å². The zero-order valence-corrected chi connectivity index (χ0v) is 24.4. The van der Waals surface area contributed by atoms with Crippen LogP contribution in [0.3, 0.4) is 0 Å². The van der Waals surface area contributed by atoms with Crippen molar-refractivity contribution in [3.05, 3.63) is 59.7 Å². The lowest BCUT2D eigenvalue weighted by atomic mass is 9.78. The highest BCUT2D eigenvalue weighted by Gasteiger charge is 2.26. The first-order chi connectivity index (χ1) is 19.0. The largest absolute Gasteiger partial charge is 0.491 e. The van der Waals surface area contributed by atoms with Gasteiger partial charge in [-0.05, 0) is 48.2 Å². The number of hydrogen-bond donors (Lipinski definition) is 0. The molecule has 0 spiro atoms. The standard InChI is InChI=1S/C33H48O6/c1-5-7-9-29(36-21-31-23-38-31)19-34-27-15-11-25(12-16-27)33(3,4)26-13-17-28(18-14-26)35-20-30(10-8-6-2)37-22-32-24-39-32/h11-18,29-32H,5-10,19-24H2,1-4H3. The van der Waals surface area contributed by atoms with E-state index in [9.17, 15) is 0 Å². The Balaban J connectivity index is 1.27. The van der Waals surface area contributed by atoms with E-state index in [2.05, 4.69) is 76.2 Å². The molecule has 2 saturated heterocycles. The number of rotatable bonds is 20. The lowest BCUT2D eigenvalue weighted by Gasteiger charge is -2.27. The topological polar surface area (TPSA) is 62.0 Å². The molecule has 0 bridgehead atoms. The summed E-state index contributed by atoms with van der Waals surface area (Å²) in [5.41, 5.74) is 2.33. The van der Waals surface area contributed by atoms with Crippen LogP contribution in [0.15, 0.2) is 48.5 Å². The van der Waals surface area contributed by atoms with E-state index < -0.39 is 0 Å². The Kier molecular flexibility index (Phi) is 11.5. The van der Waals surface area contributed by atoms with Gasteiger partial charge in [0.15, 0.2) is 0 Å². The first-order valence-corrected chi connectivity index (χ1v) is 14.9. The van der Waals surface area contributed by atoms with Gasteiger partial charge in [-0.2, -0.15) is 0 Å². The second-order valence-corrected chi connectivity index (χ2v) is 11.4. The molecule has 2 aliphatic rings. The molecule has 216 valence electrons. The SMILES string of the molecule is CCCCC(COc1ccc(C(C)(C)c2ccc(OCC(CCCC)OCC3CO3)cc2)cc1)OCC1CO1. The van der Waals surface area contributed by atoms with Crippen LogP contribution in [-0.2, 0) is 24.4 Å². The van der Waals surface area contributed by atoms with Gasteiger partial charge in [0.05, 0.1) is 38.6 Å². The fourth-order valence-corrected chi connectivity index (χ4v) is 4.59. The Labute approximate surface area is 235 Å². The molecule has 2 aliphatic heterocycles. The van der Waals surface area contributed by atoms with E-state index in [-0.39, 0.29) is 29.8 Å². The van der Waals surface area contributed by atoms with Crippen molar-refractivity contribution in [2.45, 2.75) is 96.1 Å². The Bertz CT molecular complexity index is 872. The van der Waals surface area contributed by atoms with Gasteiger partial charge in [-0.25, -0.2) is 0 Å². The minimum Gasteiger partial charge on any atom is -0.491 e. The molecule has 0 saturated carbocycles. The first kappa shape index (κ1) is 29.9. The summed E-state index contributed by atoms with van der Waals surface area (Å²) >= 11 is 0. The number of benzene rings is 2. The Morgan fingerprint density at radius 3 is 1.41 bits per heavy atom. The third-order valence-corrected chi connectivity index (χ3v) is 7.62. The van der Waals surface area contributed by atoms with Gasteiger partial charge in [-0.15, -0.1) is 0 Å². The van der Waals surface area contributed by atoms with Crippen LogP contribution in [-0.4, -0.2) is 64.1 Å². The molecule has 0 radical (unpaired) electrons. The molecule has 2 aromatic carbocycles. The molecule has 39 heavy (non-hydrogen) atoms. The predicted molar refractivity (Wildman–Crippen MR) is 154 cm³/mol. The third kappa shape index (κ3) is 10.1. The van der Waals surface area contributed by atoms with Gasteiger partial charge >= 0.3 is 0 Å². The molecule has 0 N–H and O–H groups in total. The van der Waals surface area contributed by atoms with Gasteiger partial charge in [0.25, 0.3) is 0 Å². The van der Waals surface area contributed by atoms with E-state index in [1.165, 1.54) is 11.1 Å². The zero-order chi connectivity index (χ0) is 27.5. The smallest absolute Gasteiger partial charge is 0.119 e. The normalized spacial score (nSPS) is 19.9. The molecule has 0 amide bonds. The van der Waals surface area contributed by atoms with E-state index in [0.29, 0.717) is 26.4 Å². The summed E-state index contributed by atoms with van der Waals surface area (Å²) in [4.78, 5) is 0. The van der Waals surface area contributed by atoms with E-state index in [4.69, 9.17) is 28.4 Å². The van der Waals surface area contributed by atoms with E-state index in [1.54, 1.807) is 0 Å². The Hall–Kier alpha value is -2.12. The molecule has 2 fully saturated rings. The van der Waals surface area contributed by atoms with Crippen LogP contribution in [0.25, 0.3) is 0 Å². The second kappa shape index (κ2) is 15.0.